The van der Waals surface area contributed by atoms with Crippen molar-refractivity contribution in [2.75, 3.05) is 22.9 Å². The molecule has 192 valence electrons. The fourth-order valence-corrected chi connectivity index (χ4v) is 5.56. The standard InChI is InChI=1S/C23H24F5N7O/c1-2-17-22(10-20(36)35(17)14-3-6-29-16(9-14)23(26,27)28)4-7-33(8-5-22)19-12-30-15-11-31-34(13-18(24)25)21(15)32-19/h3,6,9,11-12,17-18H,2,4-5,7-8,10,13H2,1H3/t17-/m1/s1. The largest absolute Gasteiger partial charge is 0.433 e. The summed E-state index contributed by atoms with van der Waals surface area (Å²) in [7, 11) is 0. The van der Waals surface area contributed by atoms with Crippen molar-refractivity contribution in [3.63, 3.8) is 0 Å². The van der Waals surface area contributed by atoms with Gasteiger partial charge in [0, 0.05) is 42.9 Å². The summed E-state index contributed by atoms with van der Waals surface area (Å²) in [4.78, 5) is 28.8. The van der Waals surface area contributed by atoms with Crippen molar-refractivity contribution in [1.82, 2.24) is 24.7 Å². The van der Waals surface area contributed by atoms with Gasteiger partial charge in [-0.25, -0.2) is 23.4 Å². The number of fused-ring (bicyclic) bond motifs is 1. The molecule has 1 spiro atoms. The number of carbonyl (C=O) groups is 1. The summed E-state index contributed by atoms with van der Waals surface area (Å²) in [6.07, 6.45) is -1.03. The van der Waals surface area contributed by atoms with Crippen LogP contribution < -0.4 is 9.80 Å². The molecule has 1 atom stereocenters. The molecule has 8 nitrogen and oxygen atoms in total. The van der Waals surface area contributed by atoms with Gasteiger partial charge in [-0.2, -0.15) is 18.3 Å². The summed E-state index contributed by atoms with van der Waals surface area (Å²) in [5.74, 6) is 0.332. The van der Waals surface area contributed by atoms with Crippen LogP contribution in [-0.4, -0.2) is 56.2 Å². The van der Waals surface area contributed by atoms with E-state index in [1.807, 2.05) is 11.8 Å². The lowest BCUT2D eigenvalue weighted by Gasteiger charge is -2.44. The highest BCUT2D eigenvalue weighted by molar-refractivity contribution is 5.97. The number of pyridine rings is 1. The monoisotopic (exact) mass is 509 g/mol. The highest BCUT2D eigenvalue weighted by Gasteiger charge is 2.52. The van der Waals surface area contributed by atoms with Gasteiger partial charge in [0.1, 0.15) is 23.6 Å². The van der Waals surface area contributed by atoms with E-state index in [4.69, 9.17) is 0 Å². The lowest BCUT2D eigenvalue weighted by molar-refractivity contribution is -0.141. The van der Waals surface area contributed by atoms with Crippen molar-refractivity contribution in [3.05, 3.63) is 36.4 Å². The Kier molecular flexibility index (Phi) is 6.03. The summed E-state index contributed by atoms with van der Waals surface area (Å²) in [6, 6.07) is 2.12. The SMILES string of the molecule is CC[C@H]1N(c2ccnc(C(F)(F)F)c2)C(=O)CC12CCN(c1cnc3cnn(CC(F)F)c3n1)CC2. The lowest BCUT2D eigenvalue weighted by Crippen LogP contribution is -2.47. The number of alkyl halides is 5. The topological polar surface area (TPSA) is 80.0 Å². The fourth-order valence-electron chi connectivity index (χ4n) is 5.56. The molecule has 2 aliphatic rings. The van der Waals surface area contributed by atoms with Crippen molar-refractivity contribution in [2.45, 2.75) is 57.8 Å². The number of rotatable bonds is 5. The molecule has 3 aromatic heterocycles. The first-order valence-electron chi connectivity index (χ1n) is 11.7. The van der Waals surface area contributed by atoms with Crippen LogP contribution in [0.5, 0.6) is 0 Å². The molecule has 0 radical (unpaired) electrons. The van der Waals surface area contributed by atoms with E-state index in [0.29, 0.717) is 43.7 Å². The Morgan fingerprint density at radius 1 is 1.17 bits per heavy atom. The molecule has 0 unspecified atom stereocenters. The number of halogens is 5. The van der Waals surface area contributed by atoms with Crippen molar-refractivity contribution in [2.24, 2.45) is 5.41 Å². The molecule has 0 saturated carbocycles. The second-order valence-electron chi connectivity index (χ2n) is 9.27. The molecule has 36 heavy (non-hydrogen) atoms. The van der Waals surface area contributed by atoms with Crippen LogP contribution in [0.2, 0.25) is 0 Å². The Balaban J connectivity index is 1.36. The van der Waals surface area contributed by atoms with E-state index in [0.717, 1.165) is 16.9 Å². The molecule has 0 N–H and O–H groups in total. The molecule has 13 heteroatoms. The number of anilines is 2. The molecule has 5 heterocycles. The quantitative estimate of drug-likeness (QED) is 0.477. The van der Waals surface area contributed by atoms with Gasteiger partial charge in [0.05, 0.1) is 12.4 Å². The summed E-state index contributed by atoms with van der Waals surface area (Å²) in [6.45, 7) is 2.45. The number of piperidine rings is 1. The van der Waals surface area contributed by atoms with Crippen LogP contribution in [0.4, 0.5) is 33.5 Å². The molecule has 2 saturated heterocycles. The van der Waals surface area contributed by atoms with E-state index in [9.17, 15) is 26.7 Å². The van der Waals surface area contributed by atoms with E-state index in [-0.39, 0.29) is 35.1 Å². The smallest absolute Gasteiger partial charge is 0.355 e. The number of aromatic nitrogens is 5. The van der Waals surface area contributed by atoms with Crippen LogP contribution in [0.25, 0.3) is 11.2 Å². The van der Waals surface area contributed by atoms with Crippen LogP contribution in [0.3, 0.4) is 0 Å². The molecule has 2 aliphatic heterocycles. The molecule has 0 aromatic carbocycles. The first-order valence-corrected chi connectivity index (χ1v) is 11.7. The first-order chi connectivity index (χ1) is 17.1. The summed E-state index contributed by atoms with van der Waals surface area (Å²) in [5, 5.41) is 3.94. The second kappa shape index (κ2) is 8.93. The summed E-state index contributed by atoms with van der Waals surface area (Å²) in [5.41, 5.74) is -0.513. The van der Waals surface area contributed by atoms with Gasteiger partial charge in [-0.1, -0.05) is 6.92 Å². The van der Waals surface area contributed by atoms with Crippen LogP contribution >= 0.6 is 0 Å². The van der Waals surface area contributed by atoms with Crippen LogP contribution in [0.15, 0.2) is 30.7 Å². The predicted molar refractivity (Wildman–Crippen MR) is 121 cm³/mol. The maximum absolute atomic E-state index is 13.2. The molecule has 5 rings (SSSR count). The minimum Gasteiger partial charge on any atom is -0.355 e. The Morgan fingerprint density at radius 3 is 2.58 bits per heavy atom. The molecule has 2 fully saturated rings. The molecular weight excluding hydrogens is 485 g/mol. The van der Waals surface area contributed by atoms with Gasteiger partial charge in [-0.3, -0.25) is 9.78 Å². The van der Waals surface area contributed by atoms with E-state index in [2.05, 4.69) is 20.1 Å². The second-order valence-corrected chi connectivity index (χ2v) is 9.27. The Hall–Kier alpha value is -3.38. The number of nitrogens with zero attached hydrogens (tertiary/aromatic N) is 7. The van der Waals surface area contributed by atoms with Gasteiger partial charge < -0.3 is 9.80 Å². The third-order valence-corrected chi connectivity index (χ3v) is 7.22. The highest BCUT2D eigenvalue weighted by atomic mass is 19.4. The van der Waals surface area contributed by atoms with Crippen LogP contribution in [0, 0.1) is 5.41 Å². The number of amides is 1. The molecular formula is C23H24F5N7O. The van der Waals surface area contributed by atoms with Gasteiger partial charge in [0.2, 0.25) is 5.91 Å². The lowest BCUT2D eigenvalue weighted by atomic mass is 9.71. The number of hydrogen-bond donors (Lipinski definition) is 0. The average molecular weight is 509 g/mol. The van der Waals surface area contributed by atoms with Gasteiger partial charge in [-0.15, -0.1) is 0 Å². The van der Waals surface area contributed by atoms with Crippen molar-refractivity contribution < 1.29 is 26.7 Å². The maximum atomic E-state index is 13.2. The van der Waals surface area contributed by atoms with Gasteiger partial charge in [0.25, 0.3) is 6.43 Å². The zero-order valence-corrected chi connectivity index (χ0v) is 19.4. The predicted octanol–water partition coefficient (Wildman–Crippen LogP) is 4.31. The Morgan fingerprint density at radius 2 is 1.92 bits per heavy atom. The zero-order valence-electron chi connectivity index (χ0n) is 19.4. The molecule has 0 aliphatic carbocycles. The van der Waals surface area contributed by atoms with Gasteiger partial charge in [0.15, 0.2) is 5.65 Å². The van der Waals surface area contributed by atoms with E-state index < -0.39 is 24.8 Å². The van der Waals surface area contributed by atoms with E-state index in [1.165, 1.54) is 17.2 Å². The van der Waals surface area contributed by atoms with E-state index >= 15 is 0 Å². The van der Waals surface area contributed by atoms with Crippen LogP contribution in [0.1, 0.15) is 38.3 Å². The minimum absolute atomic E-state index is 0.202. The minimum atomic E-state index is -4.60. The third kappa shape index (κ3) is 4.24. The first kappa shape index (κ1) is 24.3. The van der Waals surface area contributed by atoms with Gasteiger partial charge in [-0.05, 0) is 31.4 Å². The third-order valence-electron chi connectivity index (χ3n) is 7.22. The summed E-state index contributed by atoms with van der Waals surface area (Å²) < 4.78 is 66.6. The van der Waals surface area contributed by atoms with Crippen molar-refractivity contribution in [3.8, 4) is 0 Å². The van der Waals surface area contributed by atoms with Gasteiger partial charge >= 0.3 is 6.18 Å². The van der Waals surface area contributed by atoms with Crippen molar-refractivity contribution in [1.29, 1.82) is 0 Å². The molecule has 0 bridgehead atoms. The average Bonchev–Trinajstić information content (AvgIpc) is 3.35. The molecule has 3 aromatic rings. The zero-order chi connectivity index (χ0) is 25.7. The normalized spacial score (nSPS) is 20.3. The highest BCUT2D eigenvalue weighted by Crippen LogP contribution is 2.49. The van der Waals surface area contributed by atoms with Crippen molar-refractivity contribution >= 4 is 28.6 Å². The van der Waals surface area contributed by atoms with Crippen LogP contribution in [-0.2, 0) is 17.5 Å². The molecule has 1 amide bonds. The summed E-state index contributed by atoms with van der Waals surface area (Å²) >= 11 is 0. The maximum Gasteiger partial charge on any atom is 0.433 e. The number of hydrogen-bond acceptors (Lipinski definition) is 6. The Bertz CT molecular complexity index is 1270. The van der Waals surface area contributed by atoms with E-state index in [1.54, 1.807) is 6.20 Å². The number of carbonyl (C=O) groups excluding carboxylic acids is 1. The fraction of sp³-hybridized carbons (Fsp3) is 0.522. The Labute approximate surface area is 203 Å².